The number of likely N-dealkylation sites (tertiary alicyclic amines) is 1. The van der Waals surface area contributed by atoms with E-state index in [-0.39, 0.29) is 49.2 Å². The van der Waals surface area contributed by atoms with Crippen molar-refractivity contribution in [1.82, 2.24) is 4.90 Å². The van der Waals surface area contributed by atoms with Gasteiger partial charge in [0.05, 0.1) is 0 Å². The number of carbonyl (C=O) groups is 2. The summed E-state index contributed by atoms with van der Waals surface area (Å²) < 4.78 is 41.5. The molecular weight excluding hydrogens is 307 g/mol. The van der Waals surface area contributed by atoms with Crippen LogP contribution in [0.5, 0.6) is 0 Å². The predicted octanol–water partition coefficient (Wildman–Crippen LogP) is 3.46. The van der Waals surface area contributed by atoms with E-state index in [0.717, 1.165) is 0 Å². The minimum Gasteiger partial charge on any atom is -0.444 e. The Morgan fingerprint density at radius 1 is 1.38 bits per heavy atom. The van der Waals surface area contributed by atoms with Gasteiger partial charge in [-0.05, 0) is 27.2 Å². The minimum absolute atomic E-state index is 0.0856. The maximum atomic E-state index is 12.1. The maximum Gasteiger partial charge on any atom is 0.441 e. The Balaban J connectivity index is 2.50. The highest BCUT2D eigenvalue weighted by atomic mass is 32.2. The summed E-state index contributed by atoms with van der Waals surface area (Å²) in [5.74, 6) is -0.805. The summed E-state index contributed by atoms with van der Waals surface area (Å²) in [7, 11) is 0. The number of ketones is 1. The van der Waals surface area contributed by atoms with Gasteiger partial charge in [-0.25, -0.2) is 4.79 Å². The molecule has 0 aromatic rings. The highest BCUT2D eigenvalue weighted by molar-refractivity contribution is 8.00. The summed E-state index contributed by atoms with van der Waals surface area (Å²) in [5.41, 5.74) is -4.93. The number of hydrogen-bond acceptors (Lipinski definition) is 4. The number of hydrogen-bond donors (Lipinski definition) is 0. The Morgan fingerprint density at radius 2 is 2.00 bits per heavy atom. The molecule has 0 saturated carbocycles. The van der Waals surface area contributed by atoms with Gasteiger partial charge in [-0.15, -0.1) is 0 Å². The first-order valence-electron chi connectivity index (χ1n) is 6.69. The van der Waals surface area contributed by atoms with Gasteiger partial charge >= 0.3 is 11.6 Å². The molecule has 0 bridgehead atoms. The lowest BCUT2D eigenvalue weighted by atomic mass is 9.94. The molecule has 0 aromatic carbocycles. The summed E-state index contributed by atoms with van der Waals surface area (Å²) in [6.07, 6.45) is -0.244. The number of amides is 1. The van der Waals surface area contributed by atoms with Crippen LogP contribution in [-0.4, -0.2) is 46.7 Å². The van der Waals surface area contributed by atoms with Crippen molar-refractivity contribution in [3.8, 4) is 0 Å². The van der Waals surface area contributed by atoms with Crippen LogP contribution in [0.25, 0.3) is 0 Å². The third-order valence-corrected chi connectivity index (χ3v) is 3.68. The molecule has 1 rings (SSSR count). The van der Waals surface area contributed by atoms with Crippen molar-refractivity contribution in [2.75, 3.05) is 18.8 Å². The summed E-state index contributed by atoms with van der Waals surface area (Å²) in [6.45, 7) is 5.59. The molecule has 1 amide bonds. The zero-order valence-electron chi connectivity index (χ0n) is 12.3. The van der Waals surface area contributed by atoms with Gasteiger partial charge in [-0.2, -0.15) is 13.2 Å². The van der Waals surface area contributed by atoms with Gasteiger partial charge in [0, 0.05) is 31.2 Å². The fraction of sp³-hybridized carbons (Fsp3) is 0.846. The van der Waals surface area contributed by atoms with E-state index in [1.807, 2.05) is 0 Å². The van der Waals surface area contributed by atoms with E-state index < -0.39 is 23.1 Å². The van der Waals surface area contributed by atoms with Gasteiger partial charge in [0.25, 0.3) is 0 Å². The first-order valence-corrected chi connectivity index (χ1v) is 7.68. The molecule has 0 spiro atoms. The lowest BCUT2D eigenvalue weighted by molar-refractivity contribution is -0.126. The number of alkyl halides is 3. The second kappa shape index (κ2) is 6.89. The van der Waals surface area contributed by atoms with Crippen molar-refractivity contribution >= 4 is 23.6 Å². The second-order valence-corrected chi connectivity index (χ2v) is 7.08. The number of piperidine rings is 1. The fourth-order valence-electron chi connectivity index (χ4n) is 1.97. The molecule has 1 atom stereocenters. The molecule has 0 aliphatic carbocycles. The van der Waals surface area contributed by atoms with Crippen molar-refractivity contribution < 1.29 is 27.5 Å². The first kappa shape index (κ1) is 18.1. The highest BCUT2D eigenvalue weighted by Crippen LogP contribution is 2.32. The Kier molecular flexibility index (Phi) is 5.95. The van der Waals surface area contributed by atoms with Crippen molar-refractivity contribution in [2.45, 2.75) is 44.7 Å². The molecular formula is C13H20F3NO3S. The molecule has 1 aliphatic heterocycles. The van der Waals surface area contributed by atoms with Crippen molar-refractivity contribution in [2.24, 2.45) is 5.92 Å². The number of halogens is 3. The third-order valence-electron chi connectivity index (χ3n) is 2.91. The molecule has 122 valence electrons. The van der Waals surface area contributed by atoms with Crippen LogP contribution in [-0.2, 0) is 9.53 Å². The molecule has 1 fully saturated rings. The SMILES string of the molecule is CC(C)(C)OC(=O)N1CCC(=O)C(CCSC(F)(F)F)C1. The topological polar surface area (TPSA) is 46.6 Å². The molecule has 4 nitrogen and oxygen atoms in total. The van der Waals surface area contributed by atoms with Crippen molar-refractivity contribution in [3.63, 3.8) is 0 Å². The lowest BCUT2D eigenvalue weighted by Crippen LogP contribution is -2.46. The average molecular weight is 327 g/mol. The molecule has 21 heavy (non-hydrogen) atoms. The van der Waals surface area contributed by atoms with Crippen LogP contribution in [0.15, 0.2) is 0 Å². The normalized spacial score (nSPS) is 20.6. The number of nitrogens with zero attached hydrogens (tertiary/aromatic N) is 1. The van der Waals surface area contributed by atoms with E-state index in [1.165, 1.54) is 4.90 Å². The number of carbonyl (C=O) groups excluding carboxylic acids is 2. The highest BCUT2D eigenvalue weighted by Gasteiger charge is 2.33. The molecule has 1 aliphatic rings. The van der Waals surface area contributed by atoms with Crippen LogP contribution < -0.4 is 0 Å². The van der Waals surface area contributed by atoms with Crippen LogP contribution >= 0.6 is 11.8 Å². The Hall–Kier alpha value is -0.920. The van der Waals surface area contributed by atoms with Gasteiger partial charge in [0.1, 0.15) is 11.4 Å². The first-order chi connectivity index (χ1) is 9.48. The minimum atomic E-state index is -4.29. The number of thioether (sulfide) groups is 1. The van der Waals surface area contributed by atoms with Crippen LogP contribution in [0.1, 0.15) is 33.6 Å². The largest absolute Gasteiger partial charge is 0.444 e. The van der Waals surface area contributed by atoms with Crippen LogP contribution in [0.2, 0.25) is 0 Å². The predicted molar refractivity (Wildman–Crippen MR) is 74.1 cm³/mol. The molecule has 1 unspecified atom stereocenters. The van der Waals surface area contributed by atoms with Gasteiger partial charge < -0.3 is 9.64 Å². The van der Waals surface area contributed by atoms with Crippen LogP contribution in [0.4, 0.5) is 18.0 Å². The molecule has 0 N–H and O–H groups in total. The van der Waals surface area contributed by atoms with Gasteiger partial charge in [0.2, 0.25) is 0 Å². The van der Waals surface area contributed by atoms with E-state index in [0.29, 0.717) is 0 Å². The zero-order chi connectivity index (χ0) is 16.3. The quantitative estimate of drug-likeness (QED) is 0.796. The zero-order valence-corrected chi connectivity index (χ0v) is 13.1. The van der Waals surface area contributed by atoms with E-state index >= 15 is 0 Å². The van der Waals surface area contributed by atoms with Crippen molar-refractivity contribution in [1.29, 1.82) is 0 Å². The summed E-state index contributed by atoms with van der Waals surface area (Å²) in [6, 6.07) is 0. The molecule has 0 aromatic heterocycles. The molecule has 8 heteroatoms. The Bertz CT molecular complexity index is 393. The second-order valence-electron chi connectivity index (χ2n) is 5.92. The van der Waals surface area contributed by atoms with Crippen LogP contribution in [0.3, 0.4) is 0 Å². The van der Waals surface area contributed by atoms with E-state index in [2.05, 4.69) is 0 Å². The third kappa shape index (κ3) is 7.06. The van der Waals surface area contributed by atoms with Crippen molar-refractivity contribution in [3.05, 3.63) is 0 Å². The summed E-state index contributed by atoms with van der Waals surface area (Å²) in [5, 5.41) is 0. The number of ether oxygens (including phenoxy) is 1. The standard InChI is InChI=1S/C13H20F3NO3S/c1-12(2,3)20-11(19)17-6-4-10(18)9(8-17)5-7-21-13(14,15)16/h9H,4-8H2,1-3H3. The van der Waals surface area contributed by atoms with E-state index in [9.17, 15) is 22.8 Å². The molecule has 1 saturated heterocycles. The van der Waals surface area contributed by atoms with Crippen LogP contribution in [0, 0.1) is 5.92 Å². The fourth-order valence-corrected chi connectivity index (χ4v) is 2.60. The Labute approximate surface area is 126 Å². The monoisotopic (exact) mass is 327 g/mol. The number of rotatable bonds is 3. The summed E-state index contributed by atoms with van der Waals surface area (Å²) in [4.78, 5) is 25.0. The van der Waals surface area contributed by atoms with E-state index in [1.54, 1.807) is 20.8 Å². The molecule has 0 radical (unpaired) electrons. The maximum absolute atomic E-state index is 12.1. The number of Topliss-reactive ketones (excluding diaryl/α,β-unsaturated/α-hetero) is 1. The molecule has 1 heterocycles. The van der Waals surface area contributed by atoms with E-state index in [4.69, 9.17) is 4.74 Å². The lowest BCUT2D eigenvalue weighted by Gasteiger charge is -2.33. The average Bonchev–Trinajstić information content (AvgIpc) is 2.27. The van der Waals surface area contributed by atoms with Gasteiger partial charge in [-0.1, -0.05) is 11.8 Å². The van der Waals surface area contributed by atoms with Gasteiger partial charge in [-0.3, -0.25) is 4.79 Å². The van der Waals surface area contributed by atoms with Gasteiger partial charge in [0.15, 0.2) is 0 Å². The summed E-state index contributed by atoms with van der Waals surface area (Å²) >= 11 is -0.138. The Morgan fingerprint density at radius 3 is 2.52 bits per heavy atom. The smallest absolute Gasteiger partial charge is 0.441 e.